The molecule has 0 radical (unpaired) electrons. The first-order valence-electron chi connectivity index (χ1n) is 7.66. The molecular formula is C15H21N5O3. The molecule has 0 aromatic carbocycles. The molecule has 2 atom stereocenters. The molecular weight excluding hydrogens is 298 g/mol. The summed E-state index contributed by atoms with van der Waals surface area (Å²) < 4.78 is 11.2. The van der Waals surface area contributed by atoms with E-state index in [0.29, 0.717) is 30.4 Å². The summed E-state index contributed by atoms with van der Waals surface area (Å²) in [4.78, 5) is 18.8. The number of aryl methyl sites for hydroxylation is 1. The van der Waals surface area contributed by atoms with Crippen molar-refractivity contribution in [2.24, 2.45) is 0 Å². The van der Waals surface area contributed by atoms with Crippen LogP contribution in [-0.2, 0) is 4.74 Å². The molecule has 124 valence electrons. The van der Waals surface area contributed by atoms with Gasteiger partial charge in [-0.1, -0.05) is 13.8 Å². The van der Waals surface area contributed by atoms with Crippen molar-refractivity contribution < 1.29 is 13.9 Å². The zero-order valence-corrected chi connectivity index (χ0v) is 13.7. The second-order valence-electron chi connectivity index (χ2n) is 6.11. The summed E-state index contributed by atoms with van der Waals surface area (Å²) in [5.41, 5.74) is 1.42. The minimum atomic E-state index is -0.157. The Morgan fingerprint density at radius 3 is 2.83 bits per heavy atom. The van der Waals surface area contributed by atoms with Gasteiger partial charge in [0.05, 0.1) is 29.6 Å². The van der Waals surface area contributed by atoms with Crippen LogP contribution in [0.15, 0.2) is 10.6 Å². The zero-order chi connectivity index (χ0) is 16.6. The van der Waals surface area contributed by atoms with E-state index in [9.17, 15) is 4.79 Å². The van der Waals surface area contributed by atoms with Crippen LogP contribution >= 0.6 is 0 Å². The number of amides is 1. The van der Waals surface area contributed by atoms with Crippen molar-refractivity contribution in [2.75, 3.05) is 20.2 Å². The first-order valence-corrected chi connectivity index (χ1v) is 7.66. The van der Waals surface area contributed by atoms with Gasteiger partial charge in [0.1, 0.15) is 0 Å². The molecule has 0 spiro atoms. The maximum Gasteiger partial charge on any atom is 0.291 e. The van der Waals surface area contributed by atoms with Gasteiger partial charge < -0.3 is 14.1 Å². The minimum Gasteiger partial charge on any atom is -0.435 e. The van der Waals surface area contributed by atoms with Crippen molar-refractivity contribution in [3.63, 3.8) is 0 Å². The Kier molecular flexibility index (Phi) is 4.16. The smallest absolute Gasteiger partial charge is 0.291 e. The SMILES string of the molecule is CO[C@@H]1CN(C(=O)c2oc(C(C)C)nc2C)C[C@H]1c1cn[nH]n1. The molecule has 23 heavy (non-hydrogen) atoms. The van der Waals surface area contributed by atoms with E-state index in [2.05, 4.69) is 20.4 Å². The number of nitrogens with zero attached hydrogens (tertiary/aromatic N) is 4. The highest BCUT2D eigenvalue weighted by atomic mass is 16.5. The molecule has 1 fully saturated rings. The van der Waals surface area contributed by atoms with Crippen LogP contribution in [0.3, 0.4) is 0 Å². The first kappa shape index (κ1) is 15.7. The molecule has 1 aliphatic rings. The Morgan fingerprint density at radius 1 is 1.48 bits per heavy atom. The average Bonchev–Trinajstić information content (AvgIpc) is 3.24. The number of hydrogen-bond donors (Lipinski definition) is 1. The normalized spacial score (nSPS) is 21.3. The number of aromatic nitrogens is 4. The van der Waals surface area contributed by atoms with E-state index in [1.807, 2.05) is 13.8 Å². The van der Waals surface area contributed by atoms with Crippen LogP contribution in [0, 0.1) is 6.92 Å². The third-order valence-electron chi connectivity index (χ3n) is 4.17. The molecule has 1 saturated heterocycles. The van der Waals surface area contributed by atoms with E-state index >= 15 is 0 Å². The molecule has 0 unspecified atom stereocenters. The lowest BCUT2D eigenvalue weighted by molar-refractivity contribution is 0.0685. The molecule has 0 bridgehead atoms. The number of hydrogen-bond acceptors (Lipinski definition) is 6. The van der Waals surface area contributed by atoms with Crippen molar-refractivity contribution >= 4 is 5.91 Å². The molecule has 8 heteroatoms. The number of carbonyl (C=O) groups excluding carboxylic acids is 1. The van der Waals surface area contributed by atoms with E-state index in [1.54, 1.807) is 25.1 Å². The Morgan fingerprint density at radius 2 is 2.26 bits per heavy atom. The predicted molar refractivity (Wildman–Crippen MR) is 81.2 cm³/mol. The fourth-order valence-corrected chi connectivity index (χ4v) is 2.86. The summed E-state index contributed by atoms with van der Waals surface area (Å²) in [6, 6.07) is 0. The highest BCUT2D eigenvalue weighted by molar-refractivity contribution is 5.92. The van der Waals surface area contributed by atoms with Crippen LogP contribution in [0.2, 0.25) is 0 Å². The lowest BCUT2D eigenvalue weighted by Gasteiger charge is -2.14. The van der Waals surface area contributed by atoms with E-state index < -0.39 is 0 Å². The molecule has 3 heterocycles. The van der Waals surface area contributed by atoms with Gasteiger partial charge in [-0.05, 0) is 6.92 Å². The highest BCUT2D eigenvalue weighted by Crippen LogP contribution is 2.29. The van der Waals surface area contributed by atoms with Crippen molar-refractivity contribution in [1.82, 2.24) is 25.3 Å². The monoisotopic (exact) mass is 319 g/mol. The van der Waals surface area contributed by atoms with Crippen LogP contribution in [0.4, 0.5) is 0 Å². The van der Waals surface area contributed by atoms with E-state index in [4.69, 9.17) is 9.15 Å². The second-order valence-corrected chi connectivity index (χ2v) is 6.11. The highest BCUT2D eigenvalue weighted by Gasteiger charge is 2.39. The number of methoxy groups -OCH3 is 1. The van der Waals surface area contributed by atoms with Gasteiger partial charge in [-0.2, -0.15) is 15.4 Å². The Labute approximate surface area is 134 Å². The fourth-order valence-electron chi connectivity index (χ4n) is 2.86. The van der Waals surface area contributed by atoms with Gasteiger partial charge in [0, 0.05) is 26.1 Å². The molecule has 1 N–H and O–H groups in total. The van der Waals surface area contributed by atoms with E-state index in [-0.39, 0.29) is 23.8 Å². The number of ether oxygens (including phenoxy) is 1. The van der Waals surface area contributed by atoms with Gasteiger partial charge in [0.15, 0.2) is 5.89 Å². The van der Waals surface area contributed by atoms with Gasteiger partial charge in [-0.25, -0.2) is 4.98 Å². The molecule has 1 aliphatic heterocycles. The van der Waals surface area contributed by atoms with Crippen molar-refractivity contribution in [3.8, 4) is 0 Å². The Bertz CT molecular complexity index is 679. The average molecular weight is 319 g/mol. The van der Waals surface area contributed by atoms with Gasteiger partial charge in [0.25, 0.3) is 5.91 Å². The van der Waals surface area contributed by atoms with E-state index in [0.717, 1.165) is 5.69 Å². The van der Waals surface area contributed by atoms with Gasteiger partial charge >= 0.3 is 0 Å². The van der Waals surface area contributed by atoms with Gasteiger partial charge in [-0.15, -0.1) is 0 Å². The van der Waals surface area contributed by atoms with Crippen LogP contribution < -0.4 is 0 Å². The third kappa shape index (κ3) is 2.86. The lowest BCUT2D eigenvalue weighted by Crippen LogP contribution is -2.30. The number of rotatable bonds is 4. The summed E-state index contributed by atoms with van der Waals surface area (Å²) in [5, 5.41) is 10.6. The topological polar surface area (TPSA) is 97.1 Å². The molecule has 3 rings (SSSR count). The first-order chi connectivity index (χ1) is 11.0. The number of carbonyl (C=O) groups is 1. The number of likely N-dealkylation sites (tertiary alicyclic amines) is 1. The lowest BCUT2D eigenvalue weighted by atomic mass is 10.0. The standard InChI is InChI=1S/C15H21N5O3/c1-8(2)14-17-9(3)13(23-14)15(21)20-6-10(12(7-20)22-4)11-5-16-19-18-11/h5,8,10,12H,6-7H2,1-4H3,(H,16,18,19)/t10-,12+/m0/s1. The van der Waals surface area contributed by atoms with Crippen molar-refractivity contribution in [3.05, 3.63) is 29.2 Å². The van der Waals surface area contributed by atoms with E-state index in [1.165, 1.54) is 0 Å². The summed E-state index contributed by atoms with van der Waals surface area (Å²) in [5.74, 6) is 0.875. The zero-order valence-electron chi connectivity index (χ0n) is 13.7. The molecule has 1 amide bonds. The van der Waals surface area contributed by atoms with Gasteiger partial charge in [0.2, 0.25) is 5.76 Å². The molecule has 2 aromatic rings. The third-order valence-corrected chi connectivity index (χ3v) is 4.17. The van der Waals surface area contributed by atoms with Crippen molar-refractivity contribution in [1.29, 1.82) is 0 Å². The Hall–Kier alpha value is -2.22. The largest absolute Gasteiger partial charge is 0.435 e. The van der Waals surface area contributed by atoms with Crippen LogP contribution in [0.1, 0.15) is 53.5 Å². The fraction of sp³-hybridized carbons (Fsp3) is 0.600. The number of aromatic amines is 1. The van der Waals surface area contributed by atoms with Crippen LogP contribution in [-0.4, -0.2) is 57.5 Å². The Balaban J connectivity index is 1.81. The molecule has 0 aliphatic carbocycles. The van der Waals surface area contributed by atoms with Crippen molar-refractivity contribution in [2.45, 2.75) is 38.7 Å². The molecule has 2 aromatic heterocycles. The molecule has 8 nitrogen and oxygen atoms in total. The molecule has 0 saturated carbocycles. The summed E-state index contributed by atoms with van der Waals surface area (Å²) in [6.45, 7) is 6.76. The number of nitrogens with one attached hydrogen (secondary N) is 1. The minimum absolute atomic E-state index is 0.00417. The second kappa shape index (κ2) is 6.11. The van der Waals surface area contributed by atoms with Crippen LogP contribution in [0.5, 0.6) is 0 Å². The van der Waals surface area contributed by atoms with Gasteiger partial charge in [-0.3, -0.25) is 4.79 Å². The quantitative estimate of drug-likeness (QED) is 0.916. The summed E-state index contributed by atoms with van der Waals surface area (Å²) >= 11 is 0. The summed E-state index contributed by atoms with van der Waals surface area (Å²) in [7, 11) is 1.64. The van der Waals surface area contributed by atoms with Crippen LogP contribution in [0.25, 0.3) is 0 Å². The predicted octanol–water partition coefficient (Wildman–Crippen LogP) is 1.48. The summed E-state index contributed by atoms with van der Waals surface area (Å²) in [6.07, 6.45) is 1.55. The number of oxazole rings is 1. The number of H-pyrrole nitrogens is 1. The maximum absolute atomic E-state index is 12.8. The maximum atomic E-state index is 12.8.